The fraction of sp³-hybridized carbons (Fsp3) is 0.800. The standard InChI is InChI=1S/C10H18N4/c1-8-4-3-5-11-9(8)6-10-12-7-13-14(10)2/h7-9,11H,3-6H2,1-2H3. The molecular formula is C10H18N4. The van der Waals surface area contributed by atoms with Gasteiger partial charge in [-0.2, -0.15) is 5.10 Å². The van der Waals surface area contributed by atoms with Gasteiger partial charge in [0.25, 0.3) is 0 Å². The minimum atomic E-state index is 0.576. The third kappa shape index (κ3) is 1.95. The zero-order valence-corrected chi connectivity index (χ0v) is 8.90. The normalized spacial score (nSPS) is 27.9. The number of nitrogens with one attached hydrogen (secondary N) is 1. The molecule has 1 N–H and O–H groups in total. The van der Waals surface area contributed by atoms with Crippen LogP contribution in [-0.4, -0.2) is 27.4 Å². The van der Waals surface area contributed by atoms with Crippen molar-refractivity contribution in [3.8, 4) is 0 Å². The predicted octanol–water partition coefficient (Wildman–Crippen LogP) is 0.746. The number of rotatable bonds is 2. The van der Waals surface area contributed by atoms with Crippen molar-refractivity contribution in [1.82, 2.24) is 20.1 Å². The summed E-state index contributed by atoms with van der Waals surface area (Å²) in [6, 6.07) is 0.576. The van der Waals surface area contributed by atoms with Gasteiger partial charge < -0.3 is 5.32 Å². The second kappa shape index (κ2) is 4.09. The Labute approximate surface area is 84.7 Å². The SMILES string of the molecule is CC1CCCNC1Cc1ncnn1C. The molecule has 2 rings (SSSR count). The fourth-order valence-electron chi connectivity index (χ4n) is 2.09. The zero-order chi connectivity index (χ0) is 9.97. The van der Waals surface area contributed by atoms with Crippen LogP contribution in [-0.2, 0) is 13.5 Å². The van der Waals surface area contributed by atoms with Crippen molar-refractivity contribution in [2.45, 2.75) is 32.2 Å². The monoisotopic (exact) mass is 194 g/mol. The highest BCUT2D eigenvalue weighted by atomic mass is 15.3. The van der Waals surface area contributed by atoms with Gasteiger partial charge in [-0.3, -0.25) is 4.68 Å². The van der Waals surface area contributed by atoms with Crippen molar-refractivity contribution in [3.63, 3.8) is 0 Å². The summed E-state index contributed by atoms with van der Waals surface area (Å²) in [4.78, 5) is 4.26. The number of nitrogens with zero attached hydrogens (tertiary/aromatic N) is 3. The average Bonchev–Trinajstić information content (AvgIpc) is 2.56. The van der Waals surface area contributed by atoms with Crippen LogP contribution in [0.25, 0.3) is 0 Å². The van der Waals surface area contributed by atoms with Gasteiger partial charge >= 0.3 is 0 Å². The van der Waals surface area contributed by atoms with Crippen LogP contribution in [0, 0.1) is 5.92 Å². The molecule has 1 aliphatic heterocycles. The molecule has 0 amide bonds. The molecule has 0 aliphatic carbocycles. The second-order valence-corrected chi connectivity index (χ2v) is 4.18. The molecule has 0 radical (unpaired) electrons. The Bertz CT molecular complexity index is 294. The van der Waals surface area contributed by atoms with E-state index in [-0.39, 0.29) is 0 Å². The van der Waals surface area contributed by atoms with E-state index < -0.39 is 0 Å². The van der Waals surface area contributed by atoms with Gasteiger partial charge in [-0.05, 0) is 25.3 Å². The first kappa shape index (κ1) is 9.65. The molecule has 4 nitrogen and oxygen atoms in total. The molecule has 0 aromatic carbocycles. The quantitative estimate of drug-likeness (QED) is 0.755. The summed E-state index contributed by atoms with van der Waals surface area (Å²) >= 11 is 0. The predicted molar refractivity (Wildman–Crippen MR) is 54.9 cm³/mol. The Balaban J connectivity index is 1.99. The highest BCUT2D eigenvalue weighted by Crippen LogP contribution is 2.17. The van der Waals surface area contributed by atoms with E-state index in [2.05, 4.69) is 22.3 Å². The van der Waals surface area contributed by atoms with Crippen molar-refractivity contribution < 1.29 is 0 Å². The Morgan fingerprint density at radius 3 is 3.14 bits per heavy atom. The van der Waals surface area contributed by atoms with E-state index in [9.17, 15) is 0 Å². The van der Waals surface area contributed by atoms with Gasteiger partial charge in [0.1, 0.15) is 12.2 Å². The third-order valence-electron chi connectivity index (χ3n) is 3.14. The molecule has 1 aromatic heterocycles. The summed E-state index contributed by atoms with van der Waals surface area (Å²) in [5.41, 5.74) is 0. The van der Waals surface area contributed by atoms with Crippen molar-refractivity contribution in [1.29, 1.82) is 0 Å². The van der Waals surface area contributed by atoms with Gasteiger partial charge in [0, 0.05) is 19.5 Å². The molecule has 78 valence electrons. The topological polar surface area (TPSA) is 42.7 Å². The van der Waals surface area contributed by atoms with Crippen molar-refractivity contribution in [3.05, 3.63) is 12.2 Å². The molecule has 14 heavy (non-hydrogen) atoms. The first-order valence-corrected chi connectivity index (χ1v) is 5.33. The van der Waals surface area contributed by atoms with E-state index >= 15 is 0 Å². The molecule has 2 unspecified atom stereocenters. The molecule has 2 atom stereocenters. The summed E-state index contributed by atoms with van der Waals surface area (Å²) in [6.45, 7) is 3.46. The molecule has 0 spiro atoms. The van der Waals surface area contributed by atoms with Crippen LogP contribution < -0.4 is 5.32 Å². The van der Waals surface area contributed by atoms with E-state index in [0.29, 0.717) is 6.04 Å². The summed E-state index contributed by atoms with van der Waals surface area (Å²) < 4.78 is 1.86. The number of aromatic nitrogens is 3. The zero-order valence-electron chi connectivity index (χ0n) is 8.90. The molecule has 4 heteroatoms. The van der Waals surface area contributed by atoms with Gasteiger partial charge in [0.15, 0.2) is 0 Å². The summed E-state index contributed by atoms with van der Waals surface area (Å²) in [5.74, 6) is 1.83. The smallest absolute Gasteiger partial charge is 0.138 e. The van der Waals surface area contributed by atoms with E-state index in [0.717, 1.165) is 24.7 Å². The Morgan fingerprint density at radius 1 is 1.64 bits per heavy atom. The van der Waals surface area contributed by atoms with Crippen molar-refractivity contribution in [2.24, 2.45) is 13.0 Å². The Morgan fingerprint density at radius 2 is 2.50 bits per heavy atom. The maximum atomic E-state index is 4.26. The highest BCUT2D eigenvalue weighted by molar-refractivity contribution is 4.92. The summed E-state index contributed by atoms with van der Waals surface area (Å²) in [6.07, 6.45) is 5.26. The van der Waals surface area contributed by atoms with Crippen LogP contribution in [0.1, 0.15) is 25.6 Å². The maximum Gasteiger partial charge on any atom is 0.138 e. The van der Waals surface area contributed by atoms with Gasteiger partial charge in [0.2, 0.25) is 0 Å². The number of hydrogen-bond acceptors (Lipinski definition) is 3. The second-order valence-electron chi connectivity index (χ2n) is 4.18. The lowest BCUT2D eigenvalue weighted by Crippen LogP contribution is -2.42. The van der Waals surface area contributed by atoms with Crippen molar-refractivity contribution in [2.75, 3.05) is 6.54 Å². The minimum absolute atomic E-state index is 0.576. The van der Waals surface area contributed by atoms with Crippen LogP contribution in [0.2, 0.25) is 0 Å². The molecule has 1 saturated heterocycles. The molecule has 1 aliphatic rings. The summed E-state index contributed by atoms with van der Waals surface area (Å²) in [7, 11) is 1.95. The molecule has 0 saturated carbocycles. The molecule has 0 bridgehead atoms. The van der Waals surface area contributed by atoms with E-state index in [1.165, 1.54) is 12.8 Å². The first-order valence-electron chi connectivity index (χ1n) is 5.33. The van der Waals surface area contributed by atoms with Crippen LogP contribution in [0.15, 0.2) is 6.33 Å². The van der Waals surface area contributed by atoms with E-state index in [4.69, 9.17) is 0 Å². The highest BCUT2D eigenvalue weighted by Gasteiger charge is 2.22. The van der Waals surface area contributed by atoms with Crippen LogP contribution in [0.5, 0.6) is 0 Å². The van der Waals surface area contributed by atoms with Crippen molar-refractivity contribution >= 4 is 0 Å². The molecule has 2 heterocycles. The lowest BCUT2D eigenvalue weighted by molar-refractivity contribution is 0.293. The Hall–Kier alpha value is -0.900. The Kier molecular flexibility index (Phi) is 2.82. The molecule has 1 aromatic rings. The van der Waals surface area contributed by atoms with Gasteiger partial charge in [-0.25, -0.2) is 4.98 Å². The molecular weight excluding hydrogens is 176 g/mol. The fourth-order valence-corrected chi connectivity index (χ4v) is 2.09. The van der Waals surface area contributed by atoms with Crippen LogP contribution in [0.4, 0.5) is 0 Å². The third-order valence-corrected chi connectivity index (χ3v) is 3.14. The van der Waals surface area contributed by atoms with Crippen LogP contribution in [0.3, 0.4) is 0 Å². The average molecular weight is 194 g/mol. The van der Waals surface area contributed by atoms with Crippen LogP contribution >= 0.6 is 0 Å². The first-order chi connectivity index (χ1) is 6.77. The minimum Gasteiger partial charge on any atom is -0.313 e. The lowest BCUT2D eigenvalue weighted by atomic mass is 9.90. The van der Waals surface area contributed by atoms with Gasteiger partial charge in [-0.1, -0.05) is 6.92 Å². The molecule has 1 fully saturated rings. The number of aryl methyl sites for hydroxylation is 1. The maximum absolute atomic E-state index is 4.26. The van der Waals surface area contributed by atoms with Gasteiger partial charge in [-0.15, -0.1) is 0 Å². The summed E-state index contributed by atoms with van der Waals surface area (Å²) in [5, 5.41) is 7.64. The number of hydrogen-bond donors (Lipinski definition) is 1. The lowest BCUT2D eigenvalue weighted by Gasteiger charge is -2.29. The van der Waals surface area contributed by atoms with E-state index in [1.807, 2.05) is 11.7 Å². The van der Waals surface area contributed by atoms with Gasteiger partial charge in [0.05, 0.1) is 0 Å². The largest absolute Gasteiger partial charge is 0.313 e. The van der Waals surface area contributed by atoms with E-state index in [1.54, 1.807) is 6.33 Å². The number of piperidine rings is 1.